The van der Waals surface area contributed by atoms with Crippen molar-refractivity contribution in [1.29, 1.82) is 0 Å². The van der Waals surface area contributed by atoms with Gasteiger partial charge in [0.15, 0.2) is 0 Å². The Morgan fingerprint density at radius 3 is 2.58 bits per heavy atom. The number of benzene rings is 1. The summed E-state index contributed by atoms with van der Waals surface area (Å²) in [6.07, 6.45) is 4.99. The fourth-order valence-electron chi connectivity index (χ4n) is 5.58. The first-order valence-corrected chi connectivity index (χ1v) is 12.1. The van der Waals surface area contributed by atoms with Gasteiger partial charge in [0.05, 0.1) is 12.5 Å². The number of hydrogen-bond acceptors (Lipinski definition) is 4. The molecule has 0 bridgehead atoms. The Bertz CT molecular complexity index is 1030. The van der Waals surface area contributed by atoms with Crippen LogP contribution in [0, 0.1) is 0 Å². The van der Waals surface area contributed by atoms with Gasteiger partial charge >= 0.3 is 0 Å². The molecule has 3 amide bonds. The fourth-order valence-corrected chi connectivity index (χ4v) is 5.58. The topological polar surface area (TPSA) is 115 Å². The number of fused-ring (bicyclic) bond motifs is 1. The SMILES string of the molecule is CCn1c(CC[C@@H]2CCCN2C(=O)[C@H]2CCCN2C(=O)[C@@H](N)CC(N)=O)cc2ccccc21. The van der Waals surface area contributed by atoms with Crippen LogP contribution >= 0.6 is 0 Å². The van der Waals surface area contributed by atoms with Gasteiger partial charge in [0, 0.05) is 36.9 Å². The van der Waals surface area contributed by atoms with E-state index in [0.29, 0.717) is 13.0 Å². The number of likely N-dealkylation sites (tertiary alicyclic amines) is 2. The Morgan fingerprint density at radius 2 is 1.82 bits per heavy atom. The van der Waals surface area contributed by atoms with Crippen LogP contribution in [0.2, 0.25) is 0 Å². The molecule has 8 heteroatoms. The highest BCUT2D eigenvalue weighted by Gasteiger charge is 2.41. The molecule has 4 N–H and O–H groups in total. The van der Waals surface area contributed by atoms with E-state index in [4.69, 9.17) is 11.5 Å². The van der Waals surface area contributed by atoms with Crippen LogP contribution in [-0.4, -0.2) is 63.3 Å². The molecule has 1 aromatic heterocycles. The monoisotopic (exact) mass is 453 g/mol. The van der Waals surface area contributed by atoms with Crippen molar-refractivity contribution < 1.29 is 14.4 Å². The molecule has 2 aliphatic heterocycles. The number of amides is 3. The Morgan fingerprint density at radius 1 is 1.09 bits per heavy atom. The summed E-state index contributed by atoms with van der Waals surface area (Å²) in [5, 5.41) is 1.25. The lowest BCUT2D eigenvalue weighted by molar-refractivity contribution is -0.145. The van der Waals surface area contributed by atoms with Crippen molar-refractivity contribution >= 4 is 28.6 Å². The number of hydrogen-bond donors (Lipinski definition) is 2. The number of nitrogens with two attached hydrogens (primary N) is 2. The second-order valence-electron chi connectivity index (χ2n) is 9.27. The number of primary amides is 1. The van der Waals surface area contributed by atoms with Crippen LogP contribution in [0.15, 0.2) is 30.3 Å². The minimum Gasteiger partial charge on any atom is -0.370 e. The number of para-hydroxylation sites is 1. The highest BCUT2D eigenvalue weighted by Crippen LogP contribution is 2.28. The molecule has 1 aromatic carbocycles. The predicted molar refractivity (Wildman–Crippen MR) is 127 cm³/mol. The van der Waals surface area contributed by atoms with E-state index in [1.54, 1.807) is 4.90 Å². The fraction of sp³-hybridized carbons (Fsp3) is 0.560. The van der Waals surface area contributed by atoms with Crippen LogP contribution in [0.25, 0.3) is 10.9 Å². The molecule has 0 unspecified atom stereocenters. The molecule has 178 valence electrons. The normalized spacial score (nSPS) is 21.6. The van der Waals surface area contributed by atoms with E-state index >= 15 is 0 Å². The van der Waals surface area contributed by atoms with E-state index in [2.05, 4.69) is 41.8 Å². The highest BCUT2D eigenvalue weighted by molar-refractivity contribution is 5.92. The van der Waals surface area contributed by atoms with Crippen LogP contribution in [0.5, 0.6) is 0 Å². The molecule has 2 aromatic rings. The molecule has 4 rings (SSSR count). The third-order valence-corrected chi connectivity index (χ3v) is 7.17. The molecule has 33 heavy (non-hydrogen) atoms. The zero-order valence-corrected chi connectivity index (χ0v) is 19.4. The zero-order valence-electron chi connectivity index (χ0n) is 19.4. The number of carbonyl (C=O) groups is 3. The van der Waals surface area contributed by atoms with Crippen molar-refractivity contribution in [1.82, 2.24) is 14.4 Å². The van der Waals surface area contributed by atoms with Crippen LogP contribution in [0.1, 0.15) is 51.1 Å². The average molecular weight is 454 g/mol. The molecule has 2 fully saturated rings. The molecule has 2 aliphatic rings. The molecule has 8 nitrogen and oxygen atoms in total. The number of carbonyl (C=O) groups excluding carboxylic acids is 3. The van der Waals surface area contributed by atoms with Crippen molar-refractivity contribution in [2.45, 2.75) is 76.5 Å². The summed E-state index contributed by atoms with van der Waals surface area (Å²) in [7, 11) is 0. The van der Waals surface area contributed by atoms with Crippen molar-refractivity contribution in [2.24, 2.45) is 11.5 Å². The number of rotatable bonds is 8. The Balaban J connectivity index is 1.43. The third-order valence-electron chi connectivity index (χ3n) is 7.17. The number of aryl methyl sites for hydroxylation is 2. The first-order valence-electron chi connectivity index (χ1n) is 12.1. The Kier molecular flexibility index (Phi) is 7.02. The van der Waals surface area contributed by atoms with E-state index in [1.165, 1.54) is 16.6 Å². The van der Waals surface area contributed by atoms with Crippen LogP contribution in [0.4, 0.5) is 0 Å². The molecule has 3 atom stereocenters. The molecule has 3 heterocycles. The maximum Gasteiger partial charge on any atom is 0.245 e. The van der Waals surface area contributed by atoms with Gasteiger partial charge in [-0.15, -0.1) is 0 Å². The van der Waals surface area contributed by atoms with Crippen molar-refractivity contribution in [3.63, 3.8) is 0 Å². The summed E-state index contributed by atoms with van der Waals surface area (Å²) in [4.78, 5) is 41.0. The summed E-state index contributed by atoms with van der Waals surface area (Å²) in [5.74, 6) is -0.944. The van der Waals surface area contributed by atoms with Crippen LogP contribution < -0.4 is 11.5 Å². The van der Waals surface area contributed by atoms with E-state index in [0.717, 1.165) is 45.2 Å². The standard InChI is InChI=1S/C25H35N5O3/c1-2-28-19(15-17-7-3-4-9-21(17)28)12-11-18-8-5-13-29(18)25(33)22-10-6-14-30(22)24(32)20(26)16-23(27)31/h3-4,7,9,15,18,20,22H,2,5-6,8,10-14,16,26H2,1H3,(H2,27,31)/t18-,20-,22+/m0/s1. The molecule has 0 radical (unpaired) electrons. The lowest BCUT2D eigenvalue weighted by atomic mass is 10.1. The van der Waals surface area contributed by atoms with E-state index in [9.17, 15) is 14.4 Å². The highest BCUT2D eigenvalue weighted by atomic mass is 16.2. The van der Waals surface area contributed by atoms with Gasteiger partial charge in [-0.25, -0.2) is 0 Å². The summed E-state index contributed by atoms with van der Waals surface area (Å²) in [5.41, 5.74) is 13.6. The molecule has 0 aliphatic carbocycles. The molecular formula is C25H35N5O3. The smallest absolute Gasteiger partial charge is 0.245 e. The van der Waals surface area contributed by atoms with Gasteiger partial charge in [-0.3, -0.25) is 14.4 Å². The lowest BCUT2D eigenvalue weighted by Gasteiger charge is -2.32. The summed E-state index contributed by atoms with van der Waals surface area (Å²) < 4.78 is 2.36. The van der Waals surface area contributed by atoms with Gasteiger partial charge in [-0.2, -0.15) is 0 Å². The van der Waals surface area contributed by atoms with Gasteiger partial charge in [0.2, 0.25) is 17.7 Å². The second-order valence-corrected chi connectivity index (χ2v) is 9.27. The van der Waals surface area contributed by atoms with E-state index in [-0.39, 0.29) is 24.3 Å². The van der Waals surface area contributed by atoms with Gasteiger partial charge in [0.25, 0.3) is 0 Å². The Labute approximate surface area is 194 Å². The van der Waals surface area contributed by atoms with Crippen LogP contribution in [0.3, 0.4) is 0 Å². The minimum atomic E-state index is -0.985. The van der Waals surface area contributed by atoms with Gasteiger partial charge in [-0.1, -0.05) is 18.2 Å². The second kappa shape index (κ2) is 9.95. The summed E-state index contributed by atoms with van der Waals surface area (Å²) >= 11 is 0. The Hall–Kier alpha value is -2.87. The first kappa shape index (κ1) is 23.3. The van der Waals surface area contributed by atoms with Crippen molar-refractivity contribution in [3.05, 3.63) is 36.0 Å². The van der Waals surface area contributed by atoms with Crippen molar-refractivity contribution in [2.75, 3.05) is 13.1 Å². The van der Waals surface area contributed by atoms with Crippen LogP contribution in [-0.2, 0) is 27.3 Å². The predicted octanol–water partition coefficient (Wildman–Crippen LogP) is 1.78. The number of aromatic nitrogens is 1. The van der Waals surface area contributed by atoms with Gasteiger partial charge in [0.1, 0.15) is 6.04 Å². The van der Waals surface area contributed by atoms with Gasteiger partial charge < -0.3 is 25.8 Å². The van der Waals surface area contributed by atoms with Crippen molar-refractivity contribution in [3.8, 4) is 0 Å². The molecule has 2 saturated heterocycles. The molecule has 0 saturated carbocycles. The van der Waals surface area contributed by atoms with Gasteiger partial charge in [-0.05, 0) is 63.0 Å². The lowest BCUT2D eigenvalue weighted by Crippen LogP contribution is -2.53. The molecule has 0 spiro atoms. The maximum absolute atomic E-state index is 13.5. The third kappa shape index (κ3) is 4.76. The summed E-state index contributed by atoms with van der Waals surface area (Å²) in [6, 6.07) is 9.40. The minimum absolute atomic E-state index is 0.0191. The summed E-state index contributed by atoms with van der Waals surface area (Å²) in [6.45, 7) is 4.31. The van der Waals surface area contributed by atoms with E-state index < -0.39 is 18.0 Å². The average Bonchev–Trinajstić information content (AvgIpc) is 3.53. The largest absolute Gasteiger partial charge is 0.370 e. The number of nitrogens with zero attached hydrogens (tertiary/aromatic N) is 3. The van der Waals surface area contributed by atoms with E-state index in [1.807, 2.05) is 4.90 Å². The molecular weight excluding hydrogens is 418 g/mol. The first-order chi connectivity index (χ1) is 15.9. The maximum atomic E-state index is 13.5. The zero-order chi connectivity index (χ0) is 23.5. The quantitative estimate of drug-likeness (QED) is 0.634.